The van der Waals surface area contributed by atoms with E-state index in [0.29, 0.717) is 5.56 Å². The first-order valence-corrected chi connectivity index (χ1v) is 5.54. The molecule has 0 atom stereocenters. The molecule has 0 unspecified atom stereocenters. The van der Waals surface area contributed by atoms with Crippen LogP contribution >= 0.6 is 0 Å². The quantitative estimate of drug-likeness (QED) is 0.843. The first-order chi connectivity index (χ1) is 8.00. The first kappa shape index (κ1) is 11.5. The van der Waals surface area contributed by atoms with Crippen LogP contribution in [0.5, 0.6) is 0 Å². The van der Waals surface area contributed by atoms with Crippen molar-refractivity contribution in [3.8, 4) is 11.3 Å². The average Bonchev–Trinajstić information content (AvgIpc) is 2.58. The van der Waals surface area contributed by atoms with Gasteiger partial charge in [-0.3, -0.25) is 4.79 Å². The number of aromatic nitrogens is 1. The smallest absolute Gasteiger partial charge is 0.250 e. The summed E-state index contributed by atoms with van der Waals surface area (Å²) in [7, 11) is 1.94. The summed E-state index contributed by atoms with van der Waals surface area (Å²) in [5.74, 6) is -0.378. The van der Waals surface area contributed by atoms with Gasteiger partial charge in [0.2, 0.25) is 0 Å². The summed E-state index contributed by atoms with van der Waals surface area (Å²) in [6, 6.07) is 10.1. The molecule has 2 rings (SSSR count). The number of benzene rings is 1. The third kappa shape index (κ3) is 1.96. The van der Waals surface area contributed by atoms with E-state index in [2.05, 4.69) is 31.2 Å². The molecule has 0 saturated heterocycles. The van der Waals surface area contributed by atoms with Gasteiger partial charge < -0.3 is 10.3 Å². The second kappa shape index (κ2) is 4.09. The van der Waals surface area contributed by atoms with E-state index < -0.39 is 0 Å². The van der Waals surface area contributed by atoms with Crippen LogP contribution in [0, 0.1) is 13.8 Å². The molecule has 88 valence electrons. The van der Waals surface area contributed by atoms with Crippen molar-refractivity contribution >= 4 is 5.91 Å². The van der Waals surface area contributed by atoms with E-state index in [1.807, 2.05) is 24.6 Å². The maximum Gasteiger partial charge on any atom is 0.250 e. The molecule has 2 aromatic rings. The topological polar surface area (TPSA) is 48.0 Å². The van der Waals surface area contributed by atoms with E-state index >= 15 is 0 Å². The molecule has 2 N–H and O–H groups in total. The highest BCUT2D eigenvalue weighted by molar-refractivity contribution is 5.95. The normalized spacial score (nSPS) is 10.5. The second-order valence-corrected chi connectivity index (χ2v) is 4.32. The summed E-state index contributed by atoms with van der Waals surface area (Å²) in [5, 5.41) is 0. The van der Waals surface area contributed by atoms with Gasteiger partial charge in [-0.25, -0.2) is 0 Å². The molecule has 1 amide bonds. The van der Waals surface area contributed by atoms with Crippen molar-refractivity contribution in [1.82, 2.24) is 4.57 Å². The fourth-order valence-electron chi connectivity index (χ4n) is 1.95. The average molecular weight is 228 g/mol. The van der Waals surface area contributed by atoms with Gasteiger partial charge in [0, 0.05) is 18.4 Å². The summed E-state index contributed by atoms with van der Waals surface area (Å²) < 4.78 is 1.99. The number of nitrogens with zero attached hydrogens (tertiary/aromatic N) is 1. The van der Waals surface area contributed by atoms with Crippen molar-refractivity contribution in [2.45, 2.75) is 13.8 Å². The molecule has 1 heterocycles. The Labute approximate surface area is 101 Å². The highest BCUT2D eigenvalue weighted by Crippen LogP contribution is 2.24. The van der Waals surface area contributed by atoms with Gasteiger partial charge in [0.05, 0.1) is 5.56 Å². The number of primary amides is 1. The summed E-state index contributed by atoms with van der Waals surface area (Å²) >= 11 is 0. The lowest BCUT2D eigenvalue weighted by molar-refractivity contribution is 0.0999. The predicted molar refractivity (Wildman–Crippen MR) is 68.8 cm³/mol. The zero-order chi connectivity index (χ0) is 12.6. The number of amides is 1. The van der Waals surface area contributed by atoms with Crippen molar-refractivity contribution in [2.75, 3.05) is 0 Å². The molecule has 0 radical (unpaired) electrons. The third-order valence-electron chi connectivity index (χ3n) is 3.15. The number of carbonyl (C=O) groups is 1. The fraction of sp³-hybridized carbons (Fsp3) is 0.214. The van der Waals surface area contributed by atoms with Gasteiger partial charge in [0.15, 0.2) is 0 Å². The molecule has 0 aliphatic rings. The lowest BCUT2D eigenvalue weighted by Gasteiger charge is -2.05. The SMILES string of the molecule is Cc1ccc(-c2cc(C(N)=O)c(C)n2C)cc1. The van der Waals surface area contributed by atoms with Gasteiger partial charge in [-0.15, -0.1) is 0 Å². The number of hydrogen-bond acceptors (Lipinski definition) is 1. The number of rotatable bonds is 2. The molecule has 0 aliphatic heterocycles. The summed E-state index contributed by atoms with van der Waals surface area (Å²) in [6.45, 7) is 3.95. The van der Waals surface area contributed by atoms with Crippen LogP contribution in [-0.4, -0.2) is 10.5 Å². The third-order valence-corrected chi connectivity index (χ3v) is 3.15. The zero-order valence-corrected chi connectivity index (χ0v) is 10.3. The van der Waals surface area contributed by atoms with E-state index in [1.165, 1.54) is 5.56 Å². The van der Waals surface area contributed by atoms with Crippen LogP contribution in [0.3, 0.4) is 0 Å². The van der Waals surface area contributed by atoms with Crippen molar-refractivity contribution in [3.05, 3.63) is 47.2 Å². The van der Waals surface area contributed by atoms with Crippen LogP contribution in [0.2, 0.25) is 0 Å². The minimum absolute atomic E-state index is 0.378. The second-order valence-electron chi connectivity index (χ2n) is 4.32. The Kier molecular flexibility index (Phi) is 2.76. The van der Waals surface area contributed by atoms with Crippen LogP contribution in [-0.2, 0) is 7.05 Å². The maximum absolute atomic E-state index is 11.3. The molecule has 1 aromatic heterocycles. The Bertz CT molecular complexity index is 565. The van der Waals surface area contributed by atoms with Crippen LogP contribution in [0.4, 0.5) is 0 Å². The Morgan fingerprint density at radius 2 is 1.76 bits per heavy atom. The molecule has 0 spiro atoms. The lowest BCUT2D eigenvalue weighted by atomic mass is 10.1. The highest BCUT2D eigenvalue weighted by atomic mass is 16.1. The minimum atomic E-state index is -0.378. The van der Waals surface area contributed by atoms with Gasteiger partial charge in [0.25, 0.3) is 5.91 Å². The highest BCUT2D eigenvalue weighted by Gasteiger charge is 2.13. The molecule has 17 heavy (non-hydrogen) atoms. The Hall–Kier alpha value is -2.03. The van der Waals surface area contributed by atoms with Crippen molar-refractivity contribution < 1.29 is 4.79 Å². The van der Waals surface area contributed by atoms with Gasteiger partial charge in [-0.05, 0) is 25.5 Å². The van der Waals surface area contributed by atoms with Crippen molar-refractivity contribution in [1.29, 1.82) is 0 Å². The van der Waals surface area contributed by atoms with Gasteiger partial charge in [-0.2, -0.15) is 0 Å². The van der Waals surface area contributed by atoms with Crippen LogP contribution in [0.25, 0.3) is 11.3 Å². The van der Waals surface area contributed by atoms with E-state index in [0.717, 1.165) is 17.0 Å². The standard InChI is InChI=1S/C14H16N2O/c1-9-4-6-11(7-5-9)13-8-12(14(15)17)10(2)16(13)3/h4-8H,1-3H3,(H2,15,17). The summed E-state index contributed by atoms with van der Waals surface area (Å²) in [4.78, 5) is 11.3. The molecule has 0 aliphatic carbocycles. The molecule has 1 aromatic carbocycles. The van der Waals surface area contributed by atoms with E-state index in [4.69, 9.17) is 5.73 Å². The Balaban J connectivity index is 2.56. The number of aryl methyl sites for hydroxylation is 1. The van der Waals surface area contributed by atoms with E-state index in [-0.39, 0.29) is 5.91 Å². The van der Waals surface area contributed by atoms with Crippen LogP contribution in [0.1, 0.15) is 21.6 Å². The minimum Gasteiger partial charge on any atom is -0.366 e. The van der Waals surface area contributed by atoms with E-state index in [9.17, 15) is 4.79 Å². The fourth-order valence-corrected chi connectivity index (χ4v) is 1.95. The van der Waals surface area contributed by atoms with Crippen LogP contribution < -0.4 is 5.73 Å². The maximum atomic E-state index is 11.3. The number of hydrogen-bond donors (Lipinski definition) is 1. The number of nitrogens with two attached hydrogens (primary N) is 1. The molecule has 3 heteroatoms. The van der Waals surface area contributed by atoms with Gasteiger partial charge in [-0.1, -0.05) is 29.8 Å². The van der Waals surface area contributed by atoms with Gasteiger partial charge in [0.1, 0.15) is 0 Å². The summed E-state index contributed by atoms with van der Waals surface area (Å²) in [6.07, 6.45) is 0. The molecule has 0 fully saturated rings. The summed E-state index contributed by atoms with van der Waals surface area (Å²) in [5.41, 5.74) is 10.1. The Morgan fingerprint density at radius 3 is 2.24 bits per heavy atom. The largest absolute Gasteiger partial charge is 0.366 e. The monoisotopic (exact) mass is 228 g/mol. The zero-order valence-electron chi connectivity index (χ0n) is 10.3. The van der Waals surface area contributed by atoms with Crippen LogP contribution in [0.15, 0.2) is 30.3 Å². The van der Waals surface area contributed by atoms with Gasteiger partial charge >= 0.3 is 0 Å². The van der Waals surface area contributed by atoms with Crippen molar-refractivity contribution in [3.63, 3.8) is 0 Å². The lowest BCUT2D eigenvalue weighted by Crippen LogP contribution is -2.11. The predicted octanol–water partition coefficient (Wildman–Crippen LogP) is 2.41. The van der Waals surface area contributed by atoms with E-state index in [1.54, 1.807) is 0 Å². The molecular formula is C14H16N2O. The van der Waals surface area contributed by atoms with Crippen molar-refractivity contribution in [2.24, 2.45) is 12.8 Å². The molecule has 0 saturated carbocycles. The molecular weight excluding hydrogens is 212 g/mol. The number of carbonyl (C=O) groups excluding carboxylic acids is 1. The first-order valence-electron chi connectivity index (χ1n) is 5.54. The molecule has 0 bridgehead atoms. The molecule has 3 nitrogen and oxygen atoms in total. The Morgan fingerprint density at radius 1 is 1.18 bits per heavy atom.